The second-order valence-corrected chi connectivity index (χ2v) is 7.10. The van der Waals surface area contributed by atoms with Crippen LogP contribution >= 0.6 is 11.3 Å². The van der Waals surface area contributed by atoms with Crippen LogP contribution in [0.25, 0.3) is 0 Å². The molecule has 1 aliphatic carbocycles. The molecule has 0 radical (unpaired) electrons. The van der Waals surface area contributed by atoms with Crippen LogP contribution in [0.1, 0.15) is 36.1 Å². The van der Waals surface area contributed by atoms with Crippen LogP contribution in [0, 0.1) is 0 Å². The van der Waals surface area contributed by atoms with Gasteiger partial charge in [-0.05, 0) is 42.0 Å². The van der Waals surface area contributed by atoms with Gasteiger partial charge in [-0.1, -0.05) is 31.0 Å². The van der Waals surface area contributed by atoms with Crippen LogP contribution in [0.5, 0.6) is 5.75 Å². The highest BCUT2D eigenvalue weighted by atomic mass is 32.1. The first-order chi connectivity index (χ1) is 11.3. The summed E-state index contributed by atoms with van der Waals surface area (Å²) >= 11 is 1.73. The van der Waals surface area contributed by atoms with Crippen molar-refractivity contribution in [1.82, 2.24) is 4.90 Å². The Morgan fingerprint density at radius 2 is 1.96 bits per heavy atom. The zero-order chi connectivity index (χ0) is 16.1. The molecule has 3 rings (SSSR count). The van der Waals surface area contributed by atoms with Gasteiger partial charge in [-0.2, -0.15) is 0 Å². The van der Waals surface area contributed by atoms with Crippen molar-refractivity contribution in [2.75, 3.05) is 7.11 Å². The van der Waals surface area contributed by atoms with Crippen LogP contribution in [0.15, 0.2) is 41.8 Å². The molecule has 0 atom stereocenters. The zero-order valence-electron chi connectivity index (χ0n) is 13.5. The Morgan fingerprint density at radius 3 is 2.57 bits per heavy atom. The Morgan fingerprint density at radius 1 is 1.22 bits per heavy atom. The van der Waals surface area contributed by atoms with Crippen molar-refractivity contribution < 1.29 is 9.53 Å². The van der Waals surface area contributed by atoms with E-state index in [0.29, 0.717) is 12.5 Å². The SMILES string of the molecule is COc1ccc(CC(=O)N(Cc2cccs2)C2CCCC2)cc1. The van der Waals surface area contributed by atoms with Gasteiger partial charge < -0.3 is 9.64 Å². The molecule has 2 aromatic rings. The van der Waals surface area contributed by atoms with Crippen LogP contribution < -0.4 is 4.74 Å². The zero-order valence-corrected chi connectivity index (χ0v) is 14.3. The molecule has 0 N–H and O–H groups in total. The molecule has 1 heterocycles. The monoisotopic (exact) mass is 329 g/mol. The summed E-state index contributed by atoms with van der Waals surface area (Å²) < 4.78 is 5.18. The highest BCUT2D eigenvalue weighted by molar-refractivity contribution is 7.09. The van der Waals surface area contributed by atoms with E-state index in [2.05, 4.69) is 22.4 Å². The third-order valence-corrected chi connectivity index (χ3v) is 5.37. The Bertz CT molecular complexity index is 615. The fourth-order valence-corrected chi connectivity index (χ4v) is 3.93. The van der Waals surface area contributed by atoms with Crippen LogP contribution in [0.4, 0.5) is 0 Å². The molecule has 23 heavy (non-hydrogen) atoms. The topological polar surface area (TPSA) is 29.5 Å². The third-order valence-electron chi connectivity index (χ3n) is 4.51. The molecule has 1 aromatic heterocycles. The standard InChI is InChI=1S/C19H23NO2S/c1-22-17-10-8-15(9-11-17)13-19(21)20(16-5-2-3-6-16)14-18-7-4-12-23-18/h4,7-12,16H,2-3,5-6,13-14H2,1H3. The number of ether oxygens (including phenoxy) is 1. The molecule has 0 bridgehead atoms. The molecule has 0 saturated heterocycles. The van der Waals surface area contributed by atoms with Crippen LogP contribution in [-0.4, -0.2) is 24.0 Å². The van der Waals surface area contributed by atoms with E-state index in [4.69, 9.17) is 4.74 Å². The first-order valence-electron chi connectivity index (χ1n) is 8.21. The van der Waals surface area contributed by atoms with E-state index < -0.39 is 0 Å². The first kappa shape index (κ1) is 16.1. The summed E-state index contributed by atoms with van der Waals surface area (Å²) in [5.74, 6) is 1.06. The lowest BCUT2D eigenvalue weighted by molar-refractivity contribution is -0.133. The summed E-state index contributed by atoms with van der Waals surface area (Å²) in [6.07, 6.45) is 5.22. The van der Waals surface area contributed by atoms with Gasteiger partial charge >= 0.3 is 0 Å². The molecule has 1 aliphatic rings. The summed E-state index contributed by atoms with van der Waals surface area (Å²) in [5.41, 5.74) is 1.05. The molecule has 0 aliphatic heterocycles. The molecule has 3 nitrogen and oxygen atoms in total. The molecule has 1 amide bonds. The minimum Gasteiger partial charge on any atom is -0.497 e. The normalized spacial score (nSPS) is 14.8. The van der Waals surface area contributed by atoms with Gasteiger partial charge in [0.05, 0.1) is 20.1 Å². The van der Waals surface area contributed by atoms with E-state index in [1.165, 1.54) is 17.7 Å². The molecule has 122 valence electrons. The van der Waals surface area contributed by atoms with Crippen molar-refractivity contribution in [1.29, 1.82) is 0 Å². The number of hydrogen-bond donors (Lipinski definition) is 0. The molecule has 1 fully saturated rings. The molecule has 0 unspecified atom stereocenters. The number of amides is 1. The maximum atomic E-state index is 12.9. The Hall–Kier alpha value is -1.81. The fourth-order valence-electron chi connectivity index (χ4n) is 3.23. The number of benzene rings is 1. The van der Waals surface area contributed by atoms with E-state index in [0.717, 1.165) is 30.7 Å². The van der Waals surface area contributed by atoms with E-state index in [1.54, 1.807) is 18.4 Å². The molecule has 1 saturated carbocycles. The number of nitrogens with zero attached hydrogens (tertiary/aromatic N) is 1. The largest absolute Gasteiger partial charge is 0.497 e. The predicted octanol–water partition coefficient (Wildman–Crippen LogP) is 4.27. The minimum atomic E-state index is 0.232. The molecule has 0 spiro atoms. The predicted molar refractivity (Wildman–Crippen MR) is 93.8 cm³/mol. The van der Waals surface area contributed by atoms with Crippen LogP contribution in [0.3, 0.4) is 0 Å². The van der Waals surface area contributed by atoms with Crippen LogP contribution in [-0.2, 0) is 17.8 Å². The van der Waals surface area contributed by atoms with Crippen LogP contribution in [0.2, 0.25) is 0 Å². The number of hydrogen-bond acceptors (Lipinski definition) is 3. The third kappa shape index (κ3) is 4.14. The number of rotatable bonds is 6. The number of carbonyl (C=O) groups is 1. The maximum Gasteiger partial charge on any atom is 0.227 e. The van der Waals surface area contributed by atoms with Crippen molar-refractivity contribution in [3.63, 3.8) is 0 Å². The van der Waals surface area contributed by atoms with Crippen molar-refractivity contribution >= 4 is 17.2 Å². The lowest BCUT2D eigenvalue weighted by Gasteiger charge is -2.29. The van der Waals surface area contributed by atoms with Crippen molar-refractivity contribution in [3.8, 4) is 5.75 Å². The van der Waals surface area contributed by atoms with E-state index in [9.17, 15) is 4.79 Å². The first-order valence-corrected chi connectivity index (χ1v) is 9.09. The average molecular weight is 329 g/mol. The summed E-state index contributed by atoms with van der Waals surface area (Å²) in [4.78, 5) is 16.2. The minimum absolute atomic E-state index is 0.232. The molecular formula is C19H23NO2S. The fraction of sp³-hybridized carbons (Fsp3) is 0.421. The van der Waals surface area contributed by atoms with Crippen molar-refractivity contribution in [3.05, 3.63) is 52.2 Å². The second-order valence-electron chi connectivity index (χ2n) is 6.06. The Labute approximate surface area is 141 Å². The maximum absolute atomic E-state index is 12.9. The van der Waals surface area contributed by atoms with Gasteiger partial charge in [-0.15, -0.1) is 11.3 Å². The molecule has 4 heteroatoms. The van der Waals surface area contributed by atoms with E-state index in [1.807, 2.05) is 24.3 Å². The smallest absolute Gasteiger partial charge is 0.227 e. The van der Waals surface area contributed by atoms with E-state index >= 15 is 0 Å². The highest BCUT2D eigenvalue weighted by Gasteiger charge is 2.26. The van der Waals surface area contributed by atoms with Gasteiger partial charge in [0.25, 0.3) is 0 Å². The number of thiophene rings is 1. The van der Waals surface area contributed by atoms with Crippen molar-refractivity contribution in [2.45, 2.75) is 44.7 Å². The summed E-state index contributed by atoms with van der Waals surface area (Å²) in [7, 11) is 1.66. The quantitative estimate of drug-likeness (QED) is 0.792. The van der Waals surface area contributed by atoms with Gasteiger partial charge in [-0.25, -0.2) is 0 Å². The van der Waals surface area contributed by atoms with Crippen molar-refractivity contribution in [2.24, 2.45) is 0 Å². The molecule has 1 aromatic carbocycles. The number of carbonyl (C=O) groups excluding carboxylic acids is 1. The second kappa shape index (κ2) is 7.64. The summed E-state index contributed by atoms with van der Waals surface area (Å²) in [6, 6.07) is 12.4. The summed E-state index contributed by atoms with van der Waals surface area (Å²) in [6.45, 7) is 0.747. The Balaban J connectivity index is 1.70. The number of methoxy groups -OCH3 is 1. The van der Waals surface area contributed by atoms with Gasteiger partial charge in [0, 0.05) is 10.9 Å². The van der Waals surface area contributed by atoms with Gasteiger partial charge in [0.15, 0.2) is 0 Å². The van der Waals surface area contributed by atoms with Gasteiger partial charge in [0.1, 0.15) is 5.75 Å². The lowest BCUT2D eigenvalue weighted by Crippen LogP contribution is -2.39. The van der Waals surface area contributed by atoms with Gasteiger partial charge in [0.2, 0.25) is 5.91 Å². The van der Waals surface area contributed by atoms with Gasteiger partial charge in [-0.3, -0.25) is 4.79 Å². The Kier molecular flexibility index (Phi) is 5.34. The van der Waals surface area contributed by atoms with E-state index in [-0.39, 0.29) is 5.91 Å². The average Bonchev–Trinajstić information content (AvgIpc) is 3.27. The lowest BCUT2D eigenvalue weighted by atomic mass is 10.1. The molecular weight excluding hydrogens is 306 g/mol. The summed E-state index contributed by atoms with van der Waals surface area (Å²) in [5, 5.41) is 2.08. The highest BCUT2D eigenvalue weighted by Crippen LogP contribution is 2.27.